The van der Waals surface area contributed by atoms with E-state index >= 15 is 0 Å². The van der Waals surface area contributed by atoms with Gasteiger partial charge in [0.1, 0.15) is 5.75 Å². The fraction of sp³-hybridized carbons (Fsp3) is 0.588. The van der Waals surface area contributed by atoms with Crippen molar-refractivity contribution in [1.82, 2.24) is 4.90 Å². The molecule has 1 heterocycles. The summed E-state index contributed by atoms with van der Waals surface area (Å²) in [6.45, 7) is 7.46. The van der Waals surface area contributed by atoms with Gasteiger partial charge in [-0.05, 0) is 45.7 Å². The van der Waals surface area contributed by atoms with Crippen molar-refractivity contribution >= 4 is 5.78 Å². The highest BCUT2D eigenvalue weighted by Crippen LogP contribution is 2.24. The maximum Gasteiger partial charge on any atom is 0.180 e. The molecule has 1 saturated heterocycles. The van der Waals surface area contributed by atoms with Crippen LogP contribution in [0.25, 0.3) is 0 Å². The Labute approximate surface area is 121 Å². The van der Waals surface area contributed by atoms with E-state index in [-0.39, 0.29) is 5.78 Å². The van der Waals surface area contributed by atoms with Gasteiger partial charge in [0.05, 0.1) is 18.7 Å². The molecule has 0 amide bonds. The normalized spacial score (nSPS) is 23.6. The summed E-state index contributed by atoms with van der Waals surface area (Å²) in [6.07, 6.45) is 3.64. The van der Waals surface area contributed by atoms with Crippen molar-refractivity contribution in [2.75, 3.05) is 13.2 Å². The molecule has 3 heteroatoms. The maximum absolute atomic E-state index is 12.6. The number of benzene rings is 1. The standard InChI is InChI=1S/C17H25NO2/c1-4-20-17-11-6-5-10-15(17)16(19)12-18-13(2)8-7-9-14(18)3/h5-6,10-11,13-14H,4,7-9,12H2,1-3H3. The molecule has 0 radical (unpaired) electrons. The summed E-state index contributed by atoms with van der Waals surface area (Å²) in [6, 6.07) is 8.53. The maximum atomic E-state index is 12.6. The van der Waals surface area contributed by atoms with Crippen LogP contribution in [-0.2, 0) is 0 Å². The molecule has 1 aliphatic rings. The molecule has 1 aromatic carbocycles. The Bertz CT molecular complexity index is 448. The zero-order valence-corrected chi connectivity index (χ0v) is 12.8. The Morgan fingerprint density at radius 2 is 1.90 bits per heavy atom. The second-order valence-corrected chi connectivity index (χ2v) is 5.65. The van der Waals surface area contributed by atoms with Gasteiger partial charge >= 0.3 is 0 Å². The first-order valence-electron chi connectivity index (χ1n) is 7.64. The lowest BCUT2D eigenvalue weighted by molar-refractivity contribution is 0.0731. The van der Waals surface area contributed by atoms with E-state index in [4.69, 9.17) is 4.74 Å². The summed E-state index contributed by atoms with van der Waals surface area (Å²) in [5.74, 6) is 0.868. The molecular formula is C17H25NO2. The summed E-state index contributed by atoms with van der Waals surface area (Å²) < 4.78 is 5.56. The predicted octanol–water partition coefficient (Wildman–Crippen LogP) is 3.53. The average molecular weight is 275 g/mol. The molecule has 0 saturated carbocycles. The van der Waals surface area contributed by atoms with Crippen LogP contribution in [0.2, 0.25) is 0 Å². The molecule has 20 heavy (non-hydrogen) atoms. The van der Waals surface area contributed by atoms with Crippen molar-refractivity contribution in [3.05, 3.63) is 29.8 Å². The fourth-order valence-electron chi connectivity index (χ4n) is 3.02. The Hall–Kier alpha value is -1.35. The first-order chi connectivity index (χ1) is 9.63. The van der Waals surface area contributed by atoms with Gasteiger partial charge in [0.25, 0.3) is 0 Å². The van der Waals surface area contributed by atoms with Gasteiger partial charge in [-0.15, -0.1) is 0 Å². The van der Waals surface area contributed by atoms with Gasteiger partial charge in [-0.25, -0.2) is 0 Å². The number of likely N-dealkylation sites (tertiary alicyclic amines) is 1. The molecule has 0 spiro atoms. The monoisotopic (exact) mass is 275 g/mol. The third-order valence-corrected chi connectivity index (χ3v) is 4.19. The number of carbonyl (C=O) groups excluding carboxylic acids is 1. The van der Waals surface area contributed by atoms with Crippen molar-refractivity contribution < 1.29 is 9.53 Å². The van der Waals surface area contributed by atoms with Crippen LogP contribution in [0, 0.1) is 0 Å². The highest BCUT2D eigenvalue weighted by atomic mass is 16.5. The van der Waals surface area contributed by atoms with Crippen LogP contribution in [0.3, 0.4) is 0 Å². The highest BCUT2D eigenvalue weighted by Gasteiger charge is 2.27. The van der Waals surface area contributed by atoms with E-state index in [9.17, 15) is 4.79 Å². The minimum atomic E-state index is 0.162. The second kappa shape index (κ2) is 6.89. The van der Waals surface area contributed by atoms with Crippen LogP contribution >= 0.6 is 0 Å². The van der Waals surface area contributed by atoms with Gasteiger partial charge in [0.15, 0.2) is 5.78 Å². The minimum Gasteiger partial charge on any atom is -0.493 e. The highest BCUT2D eigenvalue weighted by molar-refractivity contribution is 6.00. The molecule has 0 bridgehead atoms. The molecule has 3 nitrogen and oxygen atoms in total. The Morgan fingerprint density at radius 1 is 1.25 bits per heavy atom. The van der Waals surface area contributed by atoms with E-state index < -0.39 is 0 Å². The second-order valence-electron chi connectivity index (χ2n) is 5.65. The summed E-state index contributed by atoms with van der Waals surface area (Å²) in [5.41, 5.74) is 0.708. The molecule has 0 aromatic heterocycles. The average Bonchev–Trinajstić information content (AvgIpc) is 2.44. The van der Waals surface area contributed by atoms with Crippen LogP contribution < -0.4 is 4.74 Å². The quantitative estimate of drug-likeness (QED) is 0.770. The number of carbonyl (C=O) groups is 1. The molecule has 2 unspecified atom stereocenters. The molecule has 2 atom stereocenters. The summed E-state index contributed by atoms with van der Waals surface area (Å²) >= 11 is 0. The number of piperidine rings is 1. The molecule has 110 valence electrons. The van der Waals surface area contributed by atoms with Crippen LogP contribution in [0.15, 0.2) is 24.3 Å². The van der Waals surface area contributed by atoms with E-state index in [0.717, 1.165) is 0 Å². The molecular weight excluding hydrogens is 250 g/mol. The third-order valence-electron chi connectivity index (χ3n) is 4.19. The van der Waals surface area contributed by atoms with Gasteiger partial charge in [-0.1, -0.05) is 18.6 Å². The summed E-state index contributed by atoms with van der Waals surface area (Å²) in [7, 11) is 0. The van der Waals surface area contributed by atoms with E-state index in [2.05, 4.69) is 18.7 Å². The molecule has 0 aliphatic carbocycles. The number of para-hydroxylation sites is 1. The van der Waals surface area contributed by atoms with Gasteiger partial charge in [-0.3, -0.25) is 9.69 Å². The topological polar surface area (TPSA) is 29.5 Å². The zero-order chi connectivity index (χ0) is 14.5. The van der Waals surface area contributed by atoms with Gasteiger partial charge in [-0.2, -0.15) is 0 Å². The number of Topliss-reactive ketones (excluding diaryl/α,β-unsaturated/α-hetero) is 1. The fourth-order valence-corrected chi connectivity index (χ4v) is 3.02. The van der Waals surface area contributed by atoms with Gasteiger partial charge in [0.2, 0.25) is 0 Å². The van der Waals surface area contributed by atoms with E-state index in [0.29, 0.717) is 36.5 Å². The van der Waals surface area contributed by atoms with E-state index in [1.165, 1.54) is 19.3 Å². The molecule has 1 fully saturated rings. The number of hydrogen-bond donors (Lipinski definition) is 0. The Balaban J connectivity index is 2.11. The first-order valence-corrected chi connectivity index (χ1v) is 7.64. The summed E-state index contributed by atoms with van der Waals surface area (Å²) in [5, 5.41) is 0. The minimum absolute atomic E-state index is 0.162. The van der Waals surface area contributed by atoms with Crippen molar-refractivity contribution in [3.63, 3.8) is 0 Å². The molecule has 0 N–H and O–H groups in total. The third kappa shape index (κ3) is 3.40. The van der Waals surface area contributed by atoms with E-state index in [1.807, 2.05) is 31.2 Å². The van der Waals surface area contributed by atoms with Crippen molar-refractivity contribution in [2.45, 2.75) is 52.1 Å². The number of ketones is 1. The lowest BCUT2D eigenvalue weighted by atomic mass is 9.96. The van der Waals surface area contributed by atoms with Crippen LogP contribution in [0.1, 0.15) is 50.4 Å². The molecule has 1 aliphatic heterocycles. The SMILES string of the molecule is CCOc1ccccc1C(=O)CN1C(C)CCCC1C. The van der Waals surface area contributed by atoms with Crippen molar-refractivity contribution in [3.8, 4) is 5.75 Å². The number of nitrogens with zero attached hydrogens (tertiary/aromatic N) is 1. The Kier molecular flexibility index (Phi) is 5.18. The van der Waals surface area contributed by atoms with Crippen molar-refractivity contribution in [1.29, 1.82) is 0 Å². The molecule has 2 rings (SSSR count). The number of rotatable bonds is 5. The van der Waals surface area contributed by atoms with Crippen LogP contribution in [0.4, 0.5) is 0 Å². The first kappa shape index (κ1) is 15.0. The molecule has 1 aromatic rings. The van der Waals surface area contributed by atoms with Crippen LogP contribution in [-0.4, -0.2) is 35.9 Å². The smallest absolute Gasteiger partial charge is 0.180 e. The lowest BCUT2D eigenvalue weighted by Crippen LogP contribution is -2.46. The predicted molar refractivity (Wildman–Crippen MR) is 81.4 cm³/mol. The van der Waals surface area contributed by atoms with Gasteiger partial charge < -0.3 is 4.74 Å². The number of hydrogen-bond acceptors (Lipinski definition) is 3. The van der Waals surface area contributed by atoms with Crippen LogP contribution in [0.5, 0.6) is 5.75 Å². The van der Waals surface area contributed by atoms with Crippen molar-refractivity contribution in [2.24, 2.45) is 0 Å². The lowest BCUT2D eigenvalue weighted by Gasteiger charge is -2.38. The zero-order valence-electron chi connectivity index (χ0n) is 12.8. The number of ether oxygens (including phenoxy) is 1. The largest absolute Gasteiger partial charge is 0.493 e. The van der Waals surface area contributed by atoms with E-state index in [1.54, 1.807) is 0 Å². The Morgan fingerprint density at radius 3 is 2.55 bits per heavy atom. The summed E-state index contributed by atoms with van der Waals surface area (Å²) in [4.78, 5) is 14.9. The van der Waals surface area contributed by atoms with Gasteiger partial charge in [0, 0.05) is 12.1 Å².